The van der Waals surface area contributed by atoms with E-state index in [1.807, 2.05) is 11.9 Å². The summed E-state index contributed by atoms with van der Waals surface area (Å²) in [5, 5.41) is 3.16. The lowest BCUT2D eigenvalue weighted by molar-refractivity contribution is -0.132. The second-order valence-electron chi connectivity index (χ2n) is 5.60. The zero-order valence-corrected chi connectivity index (χ0v) is 14.0. The molecule has 0 aliphatic carbocycles. The van der Waals surface area contributed by atoms with E-state index in [1.54, 1.807) is 12.1 Å². The summed E-state index contributed by atoms with van der Waals surface area (Å²) in [4.78, 5) is 14.2. The average Bonchev–Trinajstić information content (AvgIpc) is 2.49. The number of alkyl halides is 2. The van der Waals surface area contributed by atoms with Gasteiger partial charge in [0.15, 0.2) is 0 Å². The number of ether oxygens (including phenoxy) is 1. The van der Waals surface area contributed by atoms with Gasteiger partial charge in [0.1, 0.15) is 5.75 Å². The Morgan fingerprint density at radius 1 is 1.39 bits per heavy atom. The Bertz CT molecular complexity index is 483. The molecular formula is C16H23ClF2N2O2. The molecule has 2 rings (SSSR count). The third kappa shape index (κ3) is 6.31. The van der Waals surface area contributed by atoms with Gasteiger partial charge in [-0.25, -0.2) is 0 Å². The van der Waals surface area contributed by atoms with Gasteiger partial charge in [-0.05, 0) is 50.0 Å². The molecule has 0 aromatic heterocycles. The van der Waals surface area contributed by atoms with Gasteiger partial charge < -0.3 is 15.0 Å². The first-order chi connectivity index (χ1) is 10.6. The Morgan fingerprint density at radius 2 is 2.09 bits per heavy atom. The van der Waals surface area contributed by atoms with Gasteiger partial charge in [-0.2, -0.15) is 8.78 Å². The minimum atomic E-state index is -2.83. The van der Waals surface area contributed by atoms with Crippen molar-refractivity contribution >= 4 is 18.3 Å². The molecule has 1 heterocycles. The number of nitrogens with one attached hydrogen (secondary N) is 1. The molecule has 1 saturated heterocycles. The molecule has 1 fully saturated rings. The van der Waals surface area contributed by atoms with Gasteiger partial charge in [0.25, 0.3) is 0 Å². The maximum Gasteiger partial charge on any atom is 0.387 e. The quantitative estimate of drug-likeness (QED) is 0.859. The number of piperidine rings is 1. The molecule has 1 unspecified atom stereocenters. The molecule has 130 valence electrons. The van der Waals surface area contributed by atoms with Crippen molar-refractivity contribution in [1.29, 1.82) is 0 Å². The van der Waals surface area contributed by atoms with Crippen molar-refractivity contribution in [2.24, 2.45) is 5.92 Å². The number of carbonyl (C=O) groups excluding carboxylic acids is 1. The molecule has 4 nitrogen and oxygen atoms in total. The highest BCUT2D eigenvalue weighted by molar-refractivity contribution is 5.85. The number of hydrogen-bond donors (Lipinski definition) is 1. The molecule has 0 bridgehead atoms. The second-order valence-corrected chi connectivity index (χ2v) is 5.60. The highest BCUT2D eigenvalue weighted by atomic mass is 35.5. The van der Waals surface area contributed by atoms with Crippen LogP contribution in [0, 0.1) is 5.92 Å². The Morgan fingerprint density at radius 3 is 2.70 bits per heavy atom. The predicted octanol–water partition coefficient (Wildman–Crippen LogP) is 2.71. The first-order valence-electron chi connectivity index (χ1n) is 7.54. The van der Waals surface area contributed by atoms with Crippen molar-refractivity contribution in [2.75, 3.05) is 26.7 Å². The number of amides is 1. The lowest BCUT2D eigenvalue weighted by atomic mass is 9.97. The number of hydrogen-bond acceptors (Lipinski definition) is 3. The third-order valence-corrected chi connectivity index (χ3v) is 3.87. The van der Waals surface area contributed by atoms with Gasteiger partial charge in [0.2, 0.25) is 5.91 Å². The summed E-state index contributed by atoms with van der Waals surface area (Å²) >= 11 is 0. The van der Waals surface area contributed by atoms with Crippen LogP contribution >= 0.6 is 12.4 Å². The van der Waals surface area contributed by atoms with Crippen molar-refractivity contribution in [1.82, 2.24) is 10.2 Å². The molecule has 1 N–H and O–H groups in total. The molecule has 1 aliphatic rings. The van der Waals surface area contributed by atoms with Crippen molar-refractivity contribution < 1.29 is 18.3 Å². The average molecular weight is 349 g/mol. The van der Waals surface area contributed by atoms with Crippen LogP contribution < -0.4 is 10.1 Å². The number of halogens is 3. The number of rotatable bonds is 6. The molecule has 1 atom stereocenters. The minimum Gasteiger partial charge on any atom is -0.435 e. The van der Waals surface area contributed by atoms with Crippen LogP contribution in [0.1, 0.15) is 18.4 Å². The van der Waals surface area contributed by atoms with E-state index in [0.717, 1.165) is 38.0 Å². The van der Waals surface area contributed by atoms with Crippen LogP contribution in [0.5, 0.6) is 5.75 Å². The van der Waals surface area contributed by atoms with E-state index in [2.05, 4.69) is 10.1 Å². The molecule has 0 saturated carbocycles. The van der Waals surface area contributed by atoms with Crippen LogP contribution in [-0.2, 0) is 11.2 Å². The normalized spacial score (nSPS) is 17.7. The monoisotopic (exact) mass is 348 g/mol. The second kappa shape index (κ2) is 9.67. The zero-order valence-electron chi connectivity index (χ0n) is 13.1. The molecular weight excluding hydrogens is 326 g/mol. The van der Waals surface area contributed by atoms with Crippen LogP contribution in [-0.4, -0.2) is 44.1 Å². The minimum absolute atomic E-state index is 0. The van der Waals surface area contributed by atoms with E-state index in [4.69, 9.17) is 0 Å². The largest absolute Gasteiger partial charge is 0.435 e. The molecule has 7 heteroatoms. The fourth-order valence-corrected chi connectivity index (χ4v) is 2.82. The van der Waals surface area contributed by atoms with E-state index in [0.29, 0.717) is 12.3 Å². The molecule has 1 aliphatic heterocycles. The maximum absolute atomic E-state index is 12.3. The Kier molecular flexibility index (Phi) is 8.26. The lowest BCUT2D eigenvalue weighted by Gasteiger charge is -2.32. The molecule has 1 aromatic rings. The van der Waals surface area contributed by atoms with Gasteiger partial charge in [-0.15, -0.1) is 12.4 Å². The molecule has 0 radical (unpaired) electrons. The summed E-state index contributed by atoms with van der Waals surface area (Å²) in [6.45, 7) is -0.327. The Hall–Kier alpha value is -1.40. The van der Waals surface area contributed by atoms with Gasteiger partial charge in [0, 0.05) is 13.1 Å². The van der Waals surface area contributed by atoms with Crippen molar-refractivity contribution in [2.45, 2.75) is 25.9 Å². The standard InChI is InChI=1S/C16H22F2N2O2.ClH/c1-19-10-13-3-2-8-20(11-13)15(21)9-12-4-6-14(7-5-12)22-16(17)18;/h4-7,13,16,19H,2-3,8-11H2,1H3;1H. The van der Waals surface area contributed by atoms with E-state index >= 15 is 0 Å². The summed E-state index contributed by atoms with van der Waals surface area (Å²) in [6, 6.07) is 6.25. The van der Waals surface area contributed by atoms with Gasteiger partial charge >= 0.3 is 6.61 Å². The summed E-state index contributed by atoms with van der Waals surface area (Å²) in [5.41, 5.74) is 0.808. The fourth-order valence-electron chi connectivity index (χ4n) is 2.82. The Labute approximate surface area is 141 Å². The summed E-state index contributed by atoms with van der Waals surface area (Å²) in [6.07, 6.45) is 2.46. The zero-order chi connectivity index (χ0) is 15.9. The Balaban J connectivity index is 0.00000264. The van der Waals surface area contributed by atoms with Crippen LogP contribution in [0.3, 0.4) is 0 Å². The smallest absolute Gasteiger partial charge is 0.387 e. The summed E-state index contributed by atoms with van der Waals surface area (Å²) in [7, 11) is 1.92. The highest BCUT2D eigenvalue weighted by Crippen LogP contribution is 2.18. The van der Waals surface area contributed by atoms with Crippen molar-refractivity contribution in [3.63, 3.8) is 0 Å². The van der Waals surface area contributed by atoms with E-state index in [-0.39, 0.29) is 24.1 Å². The van der Waals surface area contributed by atoms with Crippen LogP contribution in [0.25, 0.3) is 0 Å². The molecule has 23 heavy (non-hydrogen) atoms. The van der Waals surface area contributed by atoms with E-state index in [9.17, 15) is 13.6 Å². The highest BCUT2D eigenvalue weighted by Gasteiger charge is 2.23. The third-order valence-electron chi connectivity index (χ3n) is 3.87. The number of carbonyl (C=O) groups is 1. The van der Waals surface area contributed by atoms with Crippen LogP contribution in [0.4, 0.5) is 8.78 Å². The molecule has 1 aromatic carbocycles. The topological polar surface area (TPSA) is 41.6 Å². The first-order valence-corrected chi connectivity index (χ1v) is 7.54. The first kappa shape index (κ1) is 19.6. The maximum atomic E-state index is 12.3. The van der Waals surface area contributed by atoms with Gasteiger partial charge in [-0.1, -0.05) is 12.1 Å². The van der Waals surface area contributed by atoms with Crippen molar-refractivity contribution in [3.8, 4) is 5.75 Å². The lowest BCUT2D eigenvalue weighted by Crippen LogP contribution is -2.43. The number of nitrogens with zero attached hydrogens (tertiary/aromatic N) is 1. The molecule has 1 amide bonds. The molecule has 0 spiro atoms. The number of benzene rings is 1. The van der Waals surface area contributed by atoms with Gasteiger partial charge in [0.05, 0.1) is 6.42 Å². The van der Waals surface area contributed by atoms with Crippen LogP contribution in [0.15, 0.2) is 24.3 Å². The van der Waals surface area contributed by atoms with Gasteiger partial charge in [-0.3, -0.25) is 4.79 Å². The fraction of sp³-hybridized carbons (Fsp3) is 0.562. The summed E-state index contributed by atoms with van der Waals surface area (Å²) < 4.78 is 28.5. The van der Waals surface area contributed by atoms with Crippen molar-refractivity contribution in [3.05, 3.63) is 29.8 Å². The SMILES string of the molecule is CNCC1CCCN(C(=O)Cc2ccc(OC(F)F)cc2)C1.Cl. The van der Waals surface area contributed by atoms with E-state index in [1.165, 1.54) is 12.1 Å². The summed E-state index contributed by atoms with van der Waals surface area (Å²) in [5.74, 6) is 0.700. The van der Waals surface area contributed by atoms with E-state index < -0.39 is 6.61 Å². The van der Waals surface area contributed by atoms with Crippen LogP contribution in [0.2, 0.25) is 0 Å². The predicted molar refractivity (Wildman–Crippen MR) is 87.3 cm³/mol. The number of likely N-dealkylation sites (tertiary alicyclic amines) is 1.